The largest absolute Gasteiger partial charge is 0.362 e. The first-order valence-electron chi connectivity index (χ1n) is 12.1. The average molecular weight is 498 g/mol. The number of fused-ring (bicyclic) bond motifs is 1. The van der Waals surface area contributed by atoms with Crippen molar-refractivity contribution in [3.8, 4) is 0 Å². The number of aromatic nitrogens is 2. The number of likely N-dealkylation sites (tertiary alicyclic amines) is 1. The zero-order chi connectivity index (χ0) is 24.9. The summed E-state index contributed by atoms with van der Waals surface area (Å²) in [4.78, 5) is 33.6. The quantitative estimate of drug-likeness (QED) is 0.481. The maximum atomic E-state index is 13.2. The maximum absolute atomic E-state index is 13.2. The molecule has 0 radical (unpaired) electrons. The van der Waals surface area contributed by atoms with Crippen LogP contribution in [0.3, 0.4) is 0 Å². The summed E-state index contributed by atoms with van der Waals surface area (Å²) in [5.41, 5.74) is 3.86. The van der Waals surface area contributed by atoms with Crippen molar-refractivity contribution in [3.63, 3.8) is 0 Å². The van der Waals surface area contributed by atoms with E-state index in [1.165, 1.54) is 17.4 Å². The van der Waals surface area contributed by atoms with Crippen LogP contribution in [0.2, 0.25) is 0 Å². The van der Waals surface area contributed by atoms with Gasteiger partial charge in [0.25, 0.3) is 5.91 Å². The Morgan fingerprint density at radius 1 is 1.19 bits per heavy atom. The van der Waals surface area contributed by atoms with Crippen LogP contribution in [-0.2, 0) is 4.79 Å². The van der Waals surface area contributed by atoms with Gasteiger partial charge in [0.1, 0.15) is 0 Å². The van der Waals surface area contributed by atoms with E-state index in [-0.39, 0.29) is 23.3 Å². The van der Waals surface area contributed by atoms with Gasteiger partial charge < -0.3 is 14.8 Å². The molecule has 3 aromatic rings. The Morgan fingerprint density at radius 3 is 2.81 bits per heavy atom. The van der Waals surface area contributed by atoms with Gasteiger partial charge in [0.15, 0.2) is 0 Å². The summed E-state index contributed by atoms with van der Waals surface area (Å²) >= 11 is 1.45. The highest BCUT2D eigenvalue weighted by molar-refractivity contribution is 7.15. The maximum Gasteiger partial charge on any atom is 0.268 e. The normalized spacial score (nSPS) is 22.9. The van der Waals surface area contributed by atoms with Crippen LogP contribution in [0, 0.1) is 5.41 Å². The molecule has 8 heteroatoms. The molecule has 1 spiro atoms. The second kappa shape index (κ2) is 8.64. The summed E-state index contributed by atoms with van der Waals surface area (Å²) in [6.45, 7) is 9.06. The average Bonchev–Trinajstić information content (AvgIpc) is 3.60. The van der Waals surface area contributed by atoms with Crippen LogP contribution >= 0.6 is 11.3 Å². The minimum atomic E-state index is -0.168. The van der Waals surface area contributed by atoms with Crippen molar-refractivity contribution in [3.05, 3.63) is 89.4 Å². The zero-order valence-corrected chi connectivity index (χ0v) is 20.7. The number of thiophene rings is 1. The van der Waals surface area contributed by atoms with E-state index in [2.05, 4.69) is 34.4 Å². The van der Waals surface area contributed by atoms with Crippen molar-refractivity contribution in [2.24, 2.45) is 5.41 Å². The number of anilines is 1. The van der Waals surface area contributed by atoms with Gasteiger partial charge in [0.05, 0.1) is 15.9 Å². The molecule has 3 aliphatic rings. The molecule has 2 fully saturated rings. The lowest BCUT2D eigenvalue weighted by atomic mass is 9.65. The summed E-state index contributed by atoms with van der Waals surface area (Å²) in [7, 11) is 0. The first-order valence-corrected chi connectivity index (χ1v) is 12.9. The van der Waals surface area contributed by atoms with Crippen molar-refractivity contribution in [1.82, 2.24) is 19.8 Å². The summed E-state index contributed by atoms with van der Waals surface area (Å²) in [6.07, 6.45) is 10.1. The van der Waals surface area contributed by atoms with Gasteiger partial charge in [-0.3, -0.25) is 14.9 Å². The molecule has 4 heterocycles. The van der Waals surface area contributed by atoms with Gasteiger partial charge in [0, 0.05) is 41.5 Å². The van der Waals surface area contributed by atoms with Crippen molar-refractivity contribution < 1.29 is 9.59 Å². The van der Waals surface area contributed by atoms with Gasteiger partial charge in [-0.1, -0.05) is 31.4 Å². The van der Waals surface area contributed by atoms with Crippen LogP contribution in [-0.4, -0.2) is 39.4 Å². The summed E-state index contributed by atoms with van der Waals surface area (Å²) < 4.78 is 2.17. The third-order valence-corrected chi connectivity index (χ3v) is 8.57. The lowest BCUT2D eigenvalue weighted by Crippen LogP contribution is -2.42. The van der Waals surface area contributed by atoms with Gasteiger partial charge in [-0.05, 0) is 61.1 Å². The predicted molar refractivity (Wildman–Crippen MR) is 143 cm³/mol. The van der Waals surface area contributed by atoms with Gasteiger partial charge in [0.2, 0.25) is 11.9 Å². The van der Waals surface area contributed by atoms with Crippen LogP contribution in [0.1, 0.15) is 39.9 Å². The molecular weight excluding hydrogens is 470 g/mol. The van der Waals surface area contributed by atoms with Gasteiger partial charge >= 0.3 is 0 Å². The molecule has 2 N–H and O–H groups in total. The first kappa shape index (κ1) is 22.5. The fourth-order valence-corrected chi connectivity index (χ4v) is 6.50. The monoisotopic (exact) mass is 497 g/mol. The fraction of sp³-hybridized carbons (Fsp3) is 0.250. The van der Waals surface area contributed by atoms with Crippen LogP contribution in [0.5, 0.6) is 0 Å². The number of benzene rings is 1. The molecule has 0 unspecified atom stereocenters. The minimum absolute atomic E-state index is 0.00636. The van der Waals surface area contributed by atoms with E-state index in [1.807, 2.05) is 53.6 Å². The molecule has 0 atom stereocenters. The third kappa shape index (κ3) is 3.87. The number of imidazole rings is 1. The summed E-state index contributed by atoms with van der Waals surface area (Å²) in [5.74, 6) is 0.410. The van der Waals surface area contributed by atoms with Gasteiger partial charge in [-0.25, -0.2) is 4.98 Å². The molecule has 2 aromatic heterocycles. The molecule has 7 nitrogen and oxygen atoms in total. The SMILES string of the molecule is C=CC(=O)N1CCC2(CC(n3c(NC(=O)c4ccc(C5=CNC(=C)C=C5)s4)nc4ccccc43)C2)C1. The molecule has 1 saturated heterocycles. The number of amides is 2. The lowest BCUT2D eigenvalue weighted by molar-refractivity contribution is -0.125. The zero-order valence-electron chi connectivity index (χ0n) is 19.9. The Labute approximate surface area is 213 Å². The third-order valence-electron chi connectivity index (χ3n) is 7.44. The molecule has 1 aliphatic carbocycles. The smallest absolute Gasteiger partial charge is 0.268 e. The van der Waals surface area contributed by atoms with Crippen molar-refractivity contribution in [2.75, 3.05) is 18.4 Å². The van der Waals surface area contributed by atoms with E-state index in [4.69, 9.17) is 4.98 Å². The van der Waals surface area contributed by atoms with Crippen LogP contribution in [0.25, 0.3) is 16.6 Å². The van der Waals surface area contributed by atoms with Gasteiger partial charge in [-0.15, -0.1) is 11.3 Å². The van der Waals surface area contributed by atoms with E-state index in [0.29, 0.717) is 10.8 Å². The molecule has 1 aromatic carbocycles. The Kier molecular flexibility index (Phi) is 5.41. The Hall–Kier alpha value is -3.91. The lowest BCUT2D eigenvalue weighted by Gasteiger charge is -2.46. The first-order chi connectivity index (χ1) is 17.4. The Morgan fingerprint density at radius 2 is 2.03 bits per heavy atom. The summed E-state index contributed by atoms with van der Waals surface area (Å²) in [5, 5.41) is 6.19. The van der Waals surface area contributed by atoms with E-state index in [9.17, 15) is 9.59 Å². The highest BCUT2D eigenvalue weighted by Crippen LogP contribution is 2.55. The number of hydrogen-bond donors (Lipinski definition) is 2. The highest BCUT2D eigenvalue weighted by Gasteiger charge is 2.50. The number of hydrogen-bond acceptors (Lipinski definition) is 5. The van der Waals surface area contributed by atoms with E-state index < -0.39 is 0 Å². The minimum Gasteiger partial charge on any atom is -0.362 e. The second-order valence-electron chi connectivity index (χ2n) is 9.79. The Balaban J connectivity index is 1.23. The molecular formula is C28H27N5O2S. The summed E-state index contributed by atoms with van der Waals surface area (Å²) in [6, 6.07) is 12.0. The van der Waals surface area contributed by atoms with Crippen LogP contribution in [0.15, 0.2) is 79.7 Å². The molecule has 36 heavy (non-hydrogen) atoms. The molecule has 2 amide bonds. The molecule has 182 valence electrons. The number of allylic oxidation sites excluding steroid dienone is 3. The van der Waals surface area contributed by atoms with Gasteiger partial charge in [-0.2, -0.15) is 0 Å². The van der Waals surface area contributed by atoms with Crippen molar-refractivity contribution >= 4 is 45.7 Å². The fourth-order valence-electron chi connectivity index (χ4n) is 5.60. The number of carbonyl (C=O) groups is 2. The predicted octanol–water partition coefficient (Wildman–Crippen LogP) is 5.10. The Bertz CT molecular complexity index is 1470. The topological polar surface area (TPSA) is 79.3 Å². The van der Waals surface area contributed by atoms with Crippen LogP contribution < -0.4 is 10.6 Å². The van der Waals surface area contributed by atoms with E-state index in [1.54, 1.807) is 0 Å². The molecule has 0 bridgehead atoms. The molecule has 1 saturated carbocycles. The van der Waals surface area contributed by atoms with E-state index >= 15 is 0 Å². The number of para-hydroxylation sites is 2. The number of carbonyl (C=O) groups excluding carboxylic acids is 2. The highest BCUT2D eigenvalue weighted by atomic mass is 32.1. The van der Waals surface area contributed by atoms with Crippen molar-refractivity contribution in [1.29, 1.82) is 0 Å². The molecule has 6 rings (SSSR count). The second-order valence-corrected chi connectivity index (χ2v) is 10.9. The van der Waals surface area contributed by atoms with Crippen LogP contribution in [0.4, 0.5) is 5.95 Å². The number of nitrogens with zero attached hydrogens (tertiary/aromatic N) is 3. The van der Waals surface area contributed by atoms with Crippen molar-refractivity contribution in [2.45, 2.75) is 25.3 Å². The molecule has 2 aliphatic heterocycles. The number of rotatable bonds is 5. The number of dihydropyridines is 1. The standard InChI is InChI=1S/C28H27N5O2S/c1-3-25(34)32-13-12-28(17-32)14-20(15-28)33-22-7-5-4-6-21(22)30-27(33)31-26(35)24-11-10-23(36-24)19-9-8-18(2)29-16-19/h3-11,16,20,29H,1-2,12-15,17H2,(H,30,31,35). The number of nitrogens with one attached hydrogen (secondary N) is 2. The van der Waals surface area contributed by atoms with E-state index in [0.717, 1.165) is 59.5 Å².